The normalized spacial score (nSPS) is 11.8. The van der Waals surface area contributed by atoms with Crippen LogP contribution in [0, 0.1) is 0 Å². The highest BCUT2D eigenvalue weighted by atomic mass is 28.3. The molecule has 2 nitrogen and oxygen atoms in total. The minimum Gasteiger partial charge on any atom is -0.347 e. The molecule has 0 unspecified atom stereocenters. The number of para-hydroxylation sites is 1. The van der Waals surface area contributed by atoms with Gasteiger partial charge in [-0.05, 0) is 30.4 Å². The van der Waals surface area contributed by atoms with E-state index >= 15 is 0 Å². The van der Waals surface area contributed by atoms with Gasteiger partial charge in [0.05, 0.1) is 0 Å². The van der Waals surface area contributed by atoms with E-state index in [1.807, 2.05) is 18.2 Å². The van der Waals surface area contributed by atoms with Crippen LogP contribution in [0.4, 0.5) is 0 Å². The van der Waals surface area contributed by atoms with E-state index < -0.39 is 8.07 Å². The van der Waals surface area contributed by atoms with Gasteiger partial charge in [-0.1, -0.05) is 79.7 Å². The van der Waals surface area contributed by atoms with Crippen molar-refractivity contribution in [3.63, 3.8) is 0 Å². The van der Waals surface area contributed by atoms with Gasteiger partial charge in [0.15, 0.2) is 8.07 Å². The molecule has 0 spiro atoms. The molecule has 0 N–H and O–H groups in total. The Bertz CT molecular complexity index is 851. The minimum atomic E-state index is -1.97. The molecule has 0 radical (unpaired) electrons. The molecule has 3 rings (SSSR count). The van der Waals surface area contributed by atoms with Gasteiger partial charge in [-0.15, -0.1) is 0 Å². The maximum Gasteiger partial charge on any atom is 0.157 e. The summed E-state index contributed by atoms with van der Waals surface area (Å²) in [7, 11) is -1.97. The Morgan fingerprint density at radius 1 is 0.846 bits per heavy atom. The quantitative estimate of drug-likeness (QED) is 0.373. The van der Waals surface area contributed by atoms with Crippen LogP contribution in [-0.4, -0.2) is 18.0 Å². The van der Waals surface area contributed by atoms with Crippen molar-refractivity contribution < 1.29 is 4.79 Å². The van der Waals surface area contributed by atoms with Crippen LogP contribution in [0.2, 0.25) is 13.1 Å². The van der Waals surface area contributed by atoms with Crippen molar-refractivity contribution >= 4 is 29.6 Å². The average Bonchev–Trinajstić information content (AvgIpc) is 3.08. The van der Waals surface area contributed by atoms with Crippen molar-refractivity contribution in [3.8, 4) is 0 Å². The standard InChI is InChI=1S/C23H29NOSi/c1-26(2,21-13-6-5-7-14-21)23(25)16-8-3-4-11-18-24-19-17-20-12-9-10-15-22(20)24/h5-7,9-10,12-15,17,19H,3-4,8,11,16,18H2,1-2H3. The molecule has 0 bridgehead atoms. The Morgan fingerprint density at radius 3 is 2.35 bits per heavy atom. The maximum atomic E-state index is 12.7. The first-order valence-corrected chi connectivity index (χ1v) is 12.7. The van der Waals surface area contributed by atoms with E-state index in [0.29, 0.717) is 5.41 Å². The number of hydrogen-bond acceptors (Lipinski definition) is 1. The summed E-state index contributed by atoms with van der Waals surface area (Å²) in [5.41, 5.74) is 1.32. The Hall–Kier alpha value is -2.13. The third-order valence-corrected chi connectivity index (χ3v) is 8.85. The first-order chi connectivity index (χ1) is 12.6. The molecule has 1 heterocycles. The van der Waals surface area contributed by atoms with E-state index in [1.54, 1.807) is 0 Å². The zero-order chi connectivity index (χ0) is 18.4. The molecule has 0 amide bonds. The number of unbranched alkanes of at least 4 members (excludes halogenated alkanes) is 3. The summed E-state index contributed by atoms with van der Waals surface area (Å²) in [6.07, 6.45) is 7.45. The Labute approximate surface area is 157 Å². The maximum absolute atomic E-state index is 12.7. The largest absolute Gasteiger partial charge is 0.347 e. The third-order valence-electron chi connectivity index (χ3n) is 5.43. The molecule has 26 heavy (non-hydrogen) atoms. The van der Waals surface area contributed by atoms with Gasteiger partial charge in [0.1, 0.15) is 5.41 Å². The summed E-state index contributed by atoms with van der Waals surface area (Å²) in [6, 6.07) is 21.1. The van der Waals surface area contributed by atoms with Gasteiger partial charge in [0.25, 0.3) is 0 Å². The first-order valence-electron chi connectivity index (χ1n) is 9.72. The number of aromatic nitrogens is 1. The second-order valence-corrected chi connectivity index (χ2v) is 12.0. The lowest BCUT2D eigenvalue weighted by Crippen LogP contribution is -2.49. The van der Waals surface area contributed by atoms with Crippen molar-refractivity contribution in [3.05, 3.63) is 66.9 Å². The van der Waals surface area contributed by atoms with Gasteiger partial charge in [-0.2, -0.15) is 0 Å². The number of benzene rings is 2. The number of nitrogens with zero attached hydrogens (tertiary/aromatic N) is 1. The molecule has 3 heteroatoms. The van der Waals surface area contributed by atoms with Crippen molar-refractivity contribution in [2.75, 3.05) is 0 Å². The predicted molar refractivity (Wildman–Crippen MR) is 114 cm³/mol. The van der Waals surface area contributed by atoms with Crippen LogP contribution in [-0.2, 0) is 11.3 Å². The molecular weight excluding hydrogens is 334 g/mol. The van der Waals surface area contributed by atoms with Crippen molar-refractivity contribution in [2.45, 2.75) is 51.7 Å². The number of carbonyl (C=O) groups is 1. The average molecular weight is 364 g/mol. The van der Waals surface area contributed by atoms with E-state index in [9.17, 15) is 4.79 Å². The van der Waals surface area contributed by atoms with Crippen LogP contribution in [0.25, 0.3) is 10.9 Å². The van der Waals surface area contributed by atoms with E-state index in [-0.39, 0.29) is 0 Å². The highest BCUT2D eigenvalue weighted by Gasteiger charge is 2.31. The van der Waals surface area contributed by atoms with Crippen LogP contribution in [0.3, 0.4) is 0 Å². The number of fused-ring (bicyclic) bond motifs is 1. The summed E-state index contributed by atoms with van der Waals surface area (Å²) >= 11 is 0. The summed E-state index contributed by atoms with van der Waals surface area (Å²) in [5, 5.41) is 3.05. The Balaban J connectivity index is 1.40. The van der Waals surface area contributed by atoms with E-state index in [0.717, 1.165) is 25.8 Å². The van der Waals surface area contributed by atoms with Crippen LogP contribution in [0.5, 0.6) is 0 Å². The molecule has 0 aliphatic heterocycles. The fourth-order valence-corrected chi connectivity index (χ4v) is 5.73. The molecule has 2 aromatic carbocycles. The lowest BCUT2D eigenvalue weighted by atomic mass is 10.1. The summed E-state index contributed by atoms with van der Waals surface area (Å²) in [6.45, 7) is 5.43. The van der Waals surface area contributed by atoms with Gasteiger partial charge in [-0.25, -0.2) is 0 Å². The number of aryl methyl sites for hydroxylation is 1. The molecular formula is C23H29NOSi. The van der Waals surface area contributed by atoms with Gasteiger partial charge < -0.3 is 9.36 Å². The van der Waals surface area contributed by atoms with Crippen LogP contribution in [0.1, 0.15) is 32.1 Å². The number of rotatable bonds is 9. The number of hydrogen-bond donors (Lipinski definition) is 0. The van der Waals surface area contributed by atoms with Crippen molar-refractivity contribution in [1.29, 1.82) is 0 Å². The fourth-order valence-electron chi connectivity index (χ4n) is 3.59. The molecule has 0 aliphatic rings. The predicted octanol–water partition coefficient (Wildman–Crippen LogP) is 5.32. The minimum absolute atomic E-state index is 0.486. The molecule has 0 saturated carbocycles. The van der Waals surface area contributed by atoms with Gasteiger partial charge in [-0.3, -0.25) is 0 Å². The van der Waals surface area contributed by atoms with Gasteiger partial charge in [0, 0.05) is 24.7 Å². The molecule has 3 aromatic rings. The fraction of sp³-hybridized carbons (Fsp3) is 0.348. The van der Waals surface area contributed by atoms with Crippen LogP contribution in [0.15, 0.2) is 66.9 Å². The molecule has 0 atom stereocenters. The first kappa shape index (κ1) is 18.7. The lowest BCUT2D eigenvalue weighted by molar-refractivity contribution is -0.112. The third kappa shape index (κ3) is 4.33. The topological polar surface area (TPSA) is 22.0 Å². The summed E-state index contributed by atoms with van der Waals surface area (Å²) in [5.74, 6) is 0. The van der Waals surface area contributed by atoms with Gasteiger partial charge in [0.2, 0.25) is 0 Å². The lowest BCUT2D eigenvalue weighted by Gasteiger charge is -2.21. The Kier molecular flexibility index (Phi) is 6.10. The molecule has 0 fully saturated rings. The molecule has 1 aromatic heterocycles. The number of carbonyl (C=O) groups excluding carboxylic acids is 1. The molecule has 0 aliphatic carbocycles. The summed E-state index contributed by atoms with van der Waals surface area (Å²) in [4.78, 5) is 12.7. The SMILES string of the molecule is C[Si](C)(C(=O)CCCCCCn1ccc2ccccc21)c1ccccc1. The van der Waals surface area contributed by atoms with Gasteiger partial charge >= 0.3 is 0 Å². The smallest absolute Gasteiger partial charge is 0.157 e. The second-order valence-electron chi connectivity index (χ2n) is 7.65. The highest BCUT2D eigenvalue weighted by Crippen LogP contribution is 2.17. The van der Waals surface area contributed by atoms with Crippen LogP contribution >= 0.6 is 0 Å². The van der Waals surface area contributed by atoms with E-state index in [2.05, 4.69) is 66.3 Å². The van der Waals surface area contributed by atoms with E-state index in [1.165, 1.54) is 28.9 Å². The second kappa shape index (κ2) is 8.50. The monoisotopic (exact) mass is 363 g/mol. The van der Waals surface area contributed by atoms with Crippen LogP contribution < -0.4 is 5.19 Å². The highest BCUT2D eigenvalue weighted by molar-refractivity contribution is 7.13. The van der Waals surface area contributed by atoms with E-state index in [4.69, 9.17) is 0 Å². The zero-order valence-electron chi connectivity index (χ0n) is 15.9. The Morgan fingerprint density at radius 2 is 1.54 bits per heavy atom. The molecule has 136 valence electrons. The molecule has 0 saturated heterocycles. The zero-order valence-corrected chi connectivity index (χ0v) is 16.9. The van der Waals surface area contributed by atoms with Crippen molar-refractivity contribution in [2.24, 2.45) is 0 Å². The summed E-state index contributed by atoms with van der Waals surface area (Å²) < 4.78 is 2.34. The van der Waals surface area contributed by atoms with Crippen molar-refractivity contribution in [1.82, 2.24) is 4.57 Å².